The predicted octanol–water partition coefficient (Wildman–Crippen LogP) is 1.44. The van der Waals surface area contributed by atoms with Crippen molar-refractivity contribution in [2.24, 2.45) is 5.92 Å². The van der Waals surface area contributed by atoms with Gasteiger partial charge >= 0.3 is 0 Å². The van der Waals surface area contributed by atoms with Gasteiger partial charge in [0.2, 0.25) is 0 Å². The van der Waals surface area contributed by atoms with Crippen LogP contribution in [0.5, 0.6) is 0 Å². The highest BCUT2D eigenvalue weighted by atomic mass is 19.1. The molecule has 0 aliphatic carbocycles. The molecule has 0 radical (unpaired) electrons. The molecule has 126 valence electrons. The highest BCUT2D eigenvalue weighted by Crippen LogP contribution is 2.20. The van der Waals surface area contributed by atoms with Gasteiger partial charge in [0.25, 0.3) is 5.91 Å². The van der Waals surface area contributed by atoms with E-state index in [2.05, 4.69) is 15.2 Å². The lowest BCUT2D eigenvalue weighted by Gasteiger charge is -2.18. The van der Waals surface area contributed by atoms with Gasteiger partial charge in [0, 0.05) is 50.6 Å². The molecule has 1 aromatic carbocycles. The van der Waals surface area contributed by atoms with Crippen molar-refractivity contribution in [3.63, 3.8) is 0 Å². The number of nitrogens with zero attached hydrogens (tertiary/aromatic N) is 2. The fourth-order valence-corrected chi connectivity index (χ4v) is 3.04. The Kier molecular flexibility index (Phi) is 5.17. The van der Waals surface area contributed by atoms with Crippen LogP contribution in [0, 0.1) is 11.7 Å². The molecular weight excluding hydrogens is 309 g/mol. The van der Waals surface area contributed by atoms with Crippen molar-refractivity contribution >= 4 is 5.91 Å². The van der Waals surface area contributed by atoms with Gasteiger partial charge in [-0.1, -0.05) is 12.1 Å². The lowest BCUT2D eigenvalue weighted by molar-refractivity contribution is 0.0920. The Morgan fingerprint density at radius 2 is 2.08 bits per heavy atom. The van der Waals surface area contributed by atoms with Crippen molar-refractivity contribution in [2.75, 3.05) is 19.7 Å². The Bertz CT molecular complexity index is 678. The fourth-order valence-electron chi connectivity index (χ4n) is 3.04. The van der Waals surface area contributed by atoms with Crippen LogP contribution in [0.25, 0.3) is 0 Å². The predicted molar refractivity (Wildman–Crippen MR) is 87.7 cm³/mol. The van der Waals surface area contributed by atoms with Gasteiger partial charge in [-0.2, -0.15) is 0 Å². The van der Waals surface area contributed by atoms with Crippen LogP contribution in [0.1, 0.15) is 15.9 Å². The van der Waals surface area contributed by atoms with Crippen molar-refractivity contribution in [1.82, 2.24) is 15.2 Å². The molecule has 1 saturated heterocycles. The van der Waals surface area contributed by atoms with Crippen molar-refractivity contribution in [3.8, 4) is 0 Å². The van der Waals surface area contributed by atoms with Crippen LogP contribution in [-0.2, 0) is 6.54 Å². The maximum atomic E-state index is 13.0. The number of pyridine rings is 1. The van der Waals surface area contributed by atoms with Gasteiger partial charge in [-0.15, -0.1) is 0 Å². The monoisotopic (exact) mass is 329 g/mol. The van der Waals surface area contributed by atoms with E-state index in [1.54, 1.807) is 30.5 Å². The number of rotatable bonds is 5. The van der Waals surface area contributed by atoms with E-state index in [1.165, 1.54) is 18.3 Å². The average Bonchev–Trinajstić information content (AvgIpc) is 2.99. The second-order valence-corrected chi connectivity index (χ2v) is 6.08. The molecule has 1 fully saturated rings. The summed E-state index contributed by atoms with van der Waals surface area (Å²) < 4.78 is 13.0. The van der Waals surface area contributed by atoms with Crippen molar-refractivity contribution < 1.29 is 14.3 Å². The normalized spacial score (nSPS) is 20.9. The van der Waals surface area contributed by atoms with Crippen LogP contribution >= 0.6 is 0 Å². The van der Waals surface area contributed by atoms with Crippen LogP contribution in [0.3, 0.4) is 0 Å². The zero-order chi connectivity index (χ0) is 16.9. The molecule has 2 aromatic rings. The zero-order valence-electron chi connectivity index (χ0n) is 13.2. The van der Waals surface area contributed by atoms with Crippen molar-refractivity contribution in [1.29, 1.82) is 0 Å². The molecule has 0 spiro atoms. The zero-order valence-corrected chi connectivity index (χ0v) is 13.2. The second-order valence-electron chi connectivity index (χ2n) is 6.08. The van der Waals surface area contributed by atoms with Gasteiger partial charge in [0.1, 0.15) is 5.82 Å². The number of carbonyl (C=O) groups is 1. The number of aliphatic hydroxyl groups is 1. The SMILES string of the molecule is O=C(N[C@@H]1CN(Cc2ccc(F)cc2)C[C@H]1CO)c1cccnc1. The van der Waals surface area contributed by atoms with E-state index in [4.69, 9.17) is 0 Å². The highest BCUT2D eigenvalue weighted by Gasteiger charge is 2.33. The minimum absolute atomic E-state index is 0.0118. The van der Waals surface area contributed by atoms with Crippen LogP contribution in [-0.4, -0.2) is 46.6 Å². The summed E-state index contributed by atoms with van der Waals surface area (Å²) in [6, 6.07) is 9.70. The first kappa shape index (κ1) is 16.5. The molecular formula is C18H20FN3O2. The summed E-state index contributed by atoms with van der Waals surface area (Å²) >= 11 is 0. The van der Waals surface area contributed by atoms with E-state index < -0.39 is 0 Å². The van der Waals surface area contributed by atoms with Crippen molar-refractivity contribution in [2.45, 2.75) is 12.6 Å². The third kappa shape index (κ3) is 3.96. The molecule has 2 atom stereocenters. The molecule has 3 rings (SSSR count). The third-order valence-corrected chi connectivity index (χ3v) is 4.31. The maximum Gasteiger partial charge on any atom is 0.253 e. The molecule has 0 saturated carbocycles. The minimum Gasteiger partial charge on any atom is -0.396 e. The fraction of sp³-hybridized carbons (Fsp3) is 0.333. The molecule has 1 aliphatic rings. The quantitative estimate of drug-likeness (QED) is 0.871. The Morgan fingerprint density at radius 1 is 1.29 bits per heavy atom. The molecule has 2 N–H and O–H groups in total. The Morgan fingerprint density at radius 3 is 2.75 bits per heavy atom. The van der Waals surface area contributed by atoms with E-state index in [-0.39, 0.29) is 30.3 Å². The maximum absolute atomic E-state index is 13.0. The Labute approximate surface area is 140 Å². The van der Waals surface area contributed by atoms with E-state index in [0.717, 1.165) is 5.56 Å². The number of likely N-dealkylation sites (tertiary alicyclic amines) is 1. The van der Waals surface area contributed by atoms with E-state index in [0.29, 0.717) is 25.2 Å². The average molecular weight is 329 g/mol. The number of carbonyl (C=O) groups excluding carboxylic acids is 1. The first-order valence-corrected chi connectivity index (χ1v) is 7.94. The molecule has 6 heteroatoms. The smallest absolute Gasteiger partial charge is 0.253 e. The Balaban J connectivity index is 1.62. The molecule has 5 nitrogen and oxygen atoms in total. The molecule has 1 aromatic heterocycles. The van der Waals surface area contributed by atoms with Gasteiger partial charge in [0.15, 0.2) is 0 Å². The standard InChI is InChI=1S/C18H20FN3O2/c19-16-5-3-13(4-6-16)9-22-10-15(12-23)17(11-22)21-18(24)14-2-1-7-20-8-14/h1-8,15,17,23H,9-12H2,(H,21,24)/t15-,17+/m0/s1. The van der Waals surface area contributed by atoms with Gasteiger partial charge in [-0.25, -0.2) is 4.39 Å². The number of amides is 1. The Hall–Kier alpha value is -2.31. The molecule has 0 bridgehead atoms. The molecule has 0 unspecified atom stereocenters. The van der Waals surface area contributed by atoms with Crippen LogP contribution < -0.4 is 5.32 Å². The molecule has 1 aliphatic heterocycles. The topological polar surface area (TPSA) is 65.5 Å². The second kappa shape index (κ2) is 7.51. The van der Waals surface area contributed by atoms with Crippen LogP contribution in [0.2, 0.25) is 0 Å². The summed E-state index contributed by atoms with van der Waals surface area (Å²) in [4.78, 5) is 18.4. The van der Waals surface area contributed by atoms with E-state index in [9.17, 15) is 14.3 Å². The van der Waals surface area contributed by atoms with Gasteiger partial charge in [-0.3, -0.25) is 14.7 Å². The minimum atomic E-state index is -0.255. The number of nitrogens with one attached hydrogen (secondary N) is 1. The number of hydrogen-bond donors (Lipinski definition) is 2. The first-order chi connectivity index (χ1) is 11.7. The summed E-state index contributed by atoms with van der Waals surface area (Å²) in [6.45, 7) is 2.01. The number of halogens is 1. The summed E-state index contributed by atoms with van der Waals surface area (Å²) in [5, 5.41) is 12.6. The summed E-state index contributed by atoms with van der Waals surface area (Å²) in [6.07, 6.45) is 3.14. The largest absolute Gasteiger partial charge is 0.396 e. The summed E-state index contributed by atoms with van der Waals surface area (Å²) in [7, 11) is 0. The van der Waals surface area contributed by atoms with Crippen LogP contribution in [0.4, 0.5) is 4.39 Å². The van der Waals surface area contributed by atoms with Gasteiger partial charge in [0.05, 0.1) is 5.56 Å². The van der Waals surface area contributed by atoms with E-state index >= 15 is 0 Å². The summed E-state index contributed by atoms with van der Waals surface area (Å²) in [5.74, 6) is -0.462. The van der Waals surface area contributed by atoms with Gasteiger partial charge in [-0.05, 0) is 29.8 Å². The lowest BCUT2D eigenvalue weighted by Crippen LogP contribution is -2.41. The number of aromatic nitrogens is 1. The lowest BCUT2D eigenvalue weighted by atomic mass is 10.0. The third-order valence-electron chi connectivity index (χ3n) is 4.31. The van der Waals surface area contributed by atoms with Crippen molar-refractivity contribution in [3.05, 3.63) is 65.7 Å². The van der Waals surface area contributed by atoms with E-state index in [1.807, 2.05) is 0 Å². The molecule has 2 heterocycles. The first-order valence-electron chi connectivity index (χ1n) is 7.94. The van der Waals surface area contributed by atoms with Crippen LogP contribution in [0.15, 0.2) is 48.8 Å². The highest BCUT2D eigenvalue weighted by molar-refractivity contribution is 5.94. The number of benzene rings is 1. The van der Waals surface area contributed by atoms with Gasteiger partial charge < -0.3 is 10.4 Å². The molecule has 24 heavy (non-hydrogen) atoms. The number of aliphatic hydroxyl groups excluding tert-OH is 1. The molecule has 1 amide bonds. The number of hydrogen-bond acceptors (Lipinski definition) is 4. The summed E-state index contributed by atoms with van der Waals surface area (Å²) in [5.41, 5.74) is 1.51.